The number of likely N-dealkylation sites (tertiary alicyclic amines) is 1. The molecule has 3 aliphatic rings. The number of fused-ring (bicyclic) bond motifs is 2. The van der Waals surface area contributed by atoms with Crippen LogP contribution in [0.3, 0.4) is 0 Å². The Morgan fingerprint density at radius 1 is 1.25 bits per heavy atom. The minimum absolute atomic E-state index is 0. The first kappa shape index (κ1) is 30.9. The van der Waals surface area contributed by atoms with E-state index >= 15 is 0 Å². The summed E-state index contributed by atoms with van der Waals surface area (Å²) in [7, 11) is 1.33. The molecule has 4 atom stereocenters. The van der Waals surface area contributed by atoms with E-state index in [0.29, 0.717) is 43.9 Å². The molecule has 2 fully saturated rings. The third kappa shape index (κ3) is 5.32. The number of methoxy groups -OCH3 is 1. The molecule has 2 aromatic rings. The maximum absolute atomic E-state index is 13.6. The smallest absolute Gasteiger partial charge is 0.675 e. The topological polar surface area (TPSA) is 103 Å². The van der Waals surface area contributed by atoms with Crippen LogP contribution in [0.2, 0.25) is 5.02 Å². The van der Waals surface area contributed by atoms with Crippen LogP contribution in [0.5, 0.6) is 0 Å². The van der Waals surface area contributed by atoms with Gasteiger partial charge >= 0.3 is 25.0 Å². The summed E-state index contributed by atoms with van der Waals surface area (Å²) in [5.41, 5.74) is 11.2. The van der Waals surface area contributed by atoms with E-state index in [0.717, 1.165) is 54.4 Å². The Morgan fingerprint density at radius 2 is 2.05 bits per heavy atom. The van der Waals surface area contributed by atoms with Crippen molar-refractivity contribution in [1.29, 1.82) is 0 Å². The normalized spacial score (nSPS) is 27.0. The van der Waals surface area contributed by atoms with Crippen molar-refractivity contribution in [1.82, 2.24) is 10.2 Å². The first-order chi connectivity index (χ1) is 18.7. The zero-order valence-electron chi connectivity index (χ0n) is 23.9. The van der Waals surface area contributed by atoms with Gasteiger partial charge in [-0.05, 0) is 66.8 Å². The summed E-state index contributed by atoms with van der Waals surface area (Å²) in [6, 6.07) is 12.1. The molecule has 5 rings (SSSR count). The van der Waals surface area contributed by atoms with Crippen LogP contribution in [0.25, 0.3) is 16.9 Å². The van der Waals surface area contributed by atoms with Crippen molar-refractivity contribution in [2.45, 2.75) is 75.3 Å². The van der Waals surface area contributed by atoms with Crippen molar-refractivity contribution in [2.75, 3.05) is 26.7 Å². The second kappa shape index (κ2) is 12.5. The van der Waals surface area contributed by atoms with Crippen LogP contribution in [-0.4, -0.2) is 54.8 Å². The van der Waals surface area contributed by atoms with Gasteiger partial charge in [0.1, 0.15) is 5.60 Å². The Kier molecular flexibility index (Phi) is 9.64. The number of nitrogens with zero attached hydrogens (tertiary/aromatic N) is 1. The monoisotopic (exact) mass is 559 g/mol. The number of carbonyl (C=O) groups excluding carboxylic acids is 2. The van der Waals surface area contributed by atoms with Gasteiger partial charge in [-0.25, -0.2) is 4.79 Å². The molecule has 40 heavy (non-hydrogen) atoms. The van der Waals surface area contributed by atoms with Gasteiger partial charge in [0.2, 0.25) is 5.91 Å². The number of aliphatic hydroxyl groups is 1. The van der Waals surface area contributed by atoms with Gasteiger partial charge in [-0.15, -0.1) is 6.04 Å². The maximum atomic E-state index is 13.6. The first-order valence-electron chi connectivity index (χ1n) is 14.2. The fourth-order valence-corrected chi connectivity index (χ4v) is 7.54. The second-order valence-electron chi connectivity index (χ2n) is 11.4. The summed E-state index contributed by atoms with van der Waals surface area (Å²) in [5, 5.41) is 16.0. The molecule has 3 N–H and O–H groups in total. The van der Waals surface area contributed by atoms with Gasteiger partial charge in [-0.1, -0.05) is 61.7 Å². The molecule has 9 heteroatoms. The average molecular weight is 560 g/mol. The van der Waals surface area contributed by atoms with E-state index in [1.807, 2.05) is 29.2 Å². The van der Waals surface area contributed by atoms with Crippen LogP contribution in [0.4, 0.5) is 4.79 Å². The molecule has 1 spiro atoms. The van der Waals surface area contributed by atoms with Crippen molar-refractivity contribution in [3.05, 3.63) is 63.8 Å². The summed E-state index contributed by atoms with van der Waals surface area (Å²) >= 11 is 6.85. The van der Waals surface area contributed by atoms with E-state index < -0.39 is 17.1 Å². The van der Waals surface area contributed by atoms with E-state index in [1.165, 1.54) is 12.7 Å². The fraction of sp³-hybridized carbons (Fsp3) is 0.548. The van der Waals surface area contributed by atoms with E-state index in [4.69, 9.17) is 22.1 Å². The van der Waals surface area contributed by atoms with Crippen molar-refractivity contribution in [3.8, 4) is 11.1 Å². The molecule has 1 saturated carbocycles. The second-order valence-corrected chi connectivity index (χ2v) is 11.8. The Balaban J connectivity index is 0.00000370. The van der Waals surface area contributed by atoms with Crippen molar-refractivity contribution >= 4 is 23.6 Å². The fourth-order valence-electron chi connectivity index (χ4n) is 7.27. The number of hydrogen-bond acceptors (Lipinski definition) is 4. The zero-order chi connectivity index (χ0) is 27.8. The van der Waals surface area contributed by atoms with Gasteiger partial charge in [-0.2, -0.15) is 0 Å². The first-order valence-corrected chi connectivity index (χ1v) is 14.6. The van der Waals surface area contributed by atoms with Crippen molar-refractivity contribution in [3.63, 3.8) is 0 Å². The molecule has 2 aromatic carbocycles. The Hall–Kier alpha value is -2.01. The molecule has 0 aromatic heterocycles. The number of halogens is 1. The summed E-state index contributed by atoms with van der Waals surface area (Å²) in [5.74, 6) is 0.0222. The molecule has 2 aliphatic carbocycles. The minimum Gasteiger partial charge on any atom is -0.675 e. The van der Waals surface area contributed by atoms with E-state index in [-0.39, 0.29) is 36.7 Å². The third-order valence-corrected chi connectivity index (χ3v) is 9.57. The van der Waals surface area contributed by atoms with E-state index in [9.17, 15) is 14.7 Å². The third-order valence-electron chi connectivity index (χ3n) is 9.26. The predicted octanol–water partition coefficient (Wildman–Crippen LogP) is 2.99. The Labute approximate surface area is 254 Å². The van der Waals surface area contributed by atoms with Crippen molar-refractivity contribution < 1.29 is 38.3 Å². The Morgan fingerprint density at radius 3 is 2.75 bits per heavy atom. The van der Waals surface area contributed by atoms with Gasteiger partial charge in [0.25, 0.3) is 0 Å². The van der Waals surface area contributed by atoms with Gasteiger partial charge in [-0.3, -0.25) is 4.79 Å². The molecule has 1 aliphatic heterocycles. The van der Waals surface area contributed by atoms with Gasteiger partial charge in [0, 0.05) is 41.6 Å². The Bertz CT molecular complexity index is 1260. The molecule has 7 nitrogen and oxygen atoms in total. The van der Waals surface area contributed by atoms with E-state index in [2.05, 4.69) is 24.4 Å². The number of benzene rings is 2. The van der Waals surface area contributed by atoms with Crippen LogP contribution in [0.1, 0.15) is 68.6 Å². The molecule has 0 unspecified atom stereocenters. The molecular formula is C31H39ClLiN3O4. The standard InChI is InChI=1S/C31H39ClN3O4.Li/c1-3-20-7-4-8-21(17-20)26-25(32)12-11-24-27(26)31(38,14-5-15-34-29(37)39-2)30(24)13-6-16-35(19-30)28(36)22-9-10-23(33)18-22;/h4,7-8,11-12,17,22-23,33,38H,3,5-6,9-10,13-16,18-19H2,1-2H3,(H,34,37);/q-1;+1/t22-,23+,30-,31-;/m1./s1. The van der Waals surface area contributed by atoms with E-state index in [1.54, 1.807) is 0 Å². The number of amides is 2. The SMILES string of the molecule is CCc1cccc(-c2c(Cl)ccc3c2[C@](O)(CCCNC(=O)OC)[C@@]32CCCN(C(=O)[C@@H]3CC[C@H]([NH-])C3)C2)c1.[Li+]. The number of rotatable bonds is 7. The van der Waals surface area contributed by atoms with Gasteiger partial charge < -0.3 is 25.8 Å². The number of nitrogens with one attached hydrogen (secondary N) is 2. The number of piperidine rings is 1. The molecule has 1 saturated heterocycles. The molecular weight excluding hydrogens is 521 g/mol. The van der Waals surface area contributed by atoms with Crippen molar-refractivity contribution in [2.24, 2.45) is 5.92 Å². The van der Waals surface area contributed by atoms with Crippen LogP contribution in [-0.2, 0) is 27.0 Å². The largest absolute Gasteiger partial charge is 1.00 e. The summed E-state index contributed by atoms with van der Waals surface area (Å²) < 4.78 is 4.71. The summed E-state index contributed by atoms with van der Waals surface area (Å²) in [6.07, 6.45) is 5.10. The number of alkyl carbamates (subject to hydrolysis) is 1. The van der Waals surface area contributed by atoms with Crippen LogP contribution >= 0.6 is 11.6 Å². The molecule has 2 amide bonds. The zero-order valence-corrected chi connectivity index (χ0v) is 24.7. The summed E-state index contributed by atoms with van der Waals surface area (Å²) in [6.45, 7) is 3.62. The van der Waals surface area contributed by atoms with Crippen LogP contribution in [0, 0.1) is 5.92 Å². The number of aryl methyl sites for hydroxylation is 1. The number of ether oxygens (including phenoxy) is 1. The molecule has 210 valence electrons. The number of carbonyl (C=O) groups is 2. The molecule has 0 radical (unpaired) electrons. The quantitative estimate of drug-likeness (QED) is 0.402. The average Bonchev–Trinajstić information content (AvgIpc) is 3.40. The predicted molar refractivity (Wildman–Crippen MR) is 153 cm³/mol. The van der Waals surface area contributed by atoms with Gasteiger partial charge in [0.05, 0.1) is 7.11 Å². The number of hydrogen-bond donors (Lipinski definition) is 2. The molecule has 1 heterocycles. The maximum Gasteiger partial charge on any atom is 1.00 e. The van der Waals surface area contributed by atoms with Crippen LogP contribution < -0.4 is 24.2 Å². The molecule has 0 bridgehead atoms. The van der Waals surface area contributed by atoms with Gasteiger partial charge in [0.15, 0.2) is 0 Å². The van der Waals surface area contributed by atoms with Crippen LogP contribution in [0.15, 0.2) is 36.4 Å². The summed E-state index contributed by atoms with van der Waals surface area (Å²) in [4.78, 5) is 27.2. The minimum atomic E-state index is -1.21.